The van der Waals surface area contributed by atoms with Crippen LogP contribution in [0.3, 0.4) is 0 Å². The largest absolute Gasteiger partial charge is 0.449 e. The number of sulfonamides is 1. The first-order chi connectivity index (χ1) is 13.6. The van der Waals surface area contributed by atoms with Gasteiger partial charge in [-0.15, -0.1) is 0 Å². The van der Waals surface area contributed by atoms with Gasteiger partial charge in [-0.25, -0.2) is 13.2 Å². The quantitative estimate of drug-likeness (QED) is 0.757. The summed E-state index contributed by atoms with van der Waals surface area (Å²) in [4.78, 5) is 24.8. The molecule has 0 radical (unpaired) electrons. The Bertz CT molecular complexity index is 1060. The van der Waals surface area contributed by atoms with Crippen LogP contribution >= 0.6 is 0 Å². The Labute approximate surface area is 170 Å². The van der Waals surface area contributed by atoms with Gasteiger partial charge in [-0.2, -0.15) is 0 Å². The molecule has 1 heterocycles. The van der Waals surface area contributed by atoms with E-state index in [0.717, 1.165) is 17.4 Å². The summed E-state index contributed by atoms with van der Waals surface area (Å²) in [6.07, 6.45) is 0.685. The zero-order chi connectivity index (χ0) is 21.3. The van der Waals surface area contributed by atoms with Crippen molar-refractivity contribution in [3.63, 3.8) is 0 Å². The maximum Gasteiger partial charge on any atom is 0.338 e. The summed E-state index contributed by atoms with van der Waals surface area (Å²) in [5.41, 5.74) is 3.24. The molecule has 154 valence electrons. The van der Waals surface area contributed by atoms with Gasteiger partial charge in [0.15, 0.2) is 6.10 Å². The van der Waals surface area contributed by atoms with Gasteiger partial charge in [0, 0.05) is 11.7 Å². The third-order valence-corrected chi connectivity index (χ3v) is 6.04. The van der Waals surface area contributed by atoms with E-state index in [2.05, 4.69) is 5.32 Å². The first-order valence-corrected chi connectivity index (χ1v) is 11.1. The molecule has 0 spiro atoms. The molecule has 1 N–H and O–H groups in total. The number of rotatable bonds is 5. The Morgan fingerprint density at radius 2 is 1.93 bits per heavy atom. The summed E-state index contributed by atoms with van der Waals surface area (Å²) in [6, 6.07) is 11.9. The molecule has 0 saturated heterocycles. The van der Waals surface area contributed by atoms with Crippen molar-refractivity contribution in [1.82, 2.24) is 0 Å². The molecular formula is C21H24N2O5S. The van der Waals surface area contributed by atoms with E-state index in [1.54, 1.807) is 18.2 Å². The van der Waals surface area contributed by atoms with Gasteiger partial charge in [-0.1, -0.05) is 12.1 Å². The van der Waals surface area contributed by atoms with Gasteiger partial charge in [0.1, 0.15) is 0 Å². The van der Waals surface area contributed by atoms with Crippen LogP contribution in [-0.4, -0.2) is 38.7 Å². The van der Waals surface area contributed by atoms with Crippen molar-refractivity contribution in [2.45, 2.75) is 39.3 Å². The third-order valence-electron chi connectivity index (χ3n) is 4.76. The van der Waals surface area contributed by atoms with Crippen LogP contribution in [-0.2, 0) is 26.0 Å². The maximum atomic E-state index is 12.5. The minimum atomic E-state index is -3.40. The van der Waals surface area contributed by atoms with Crippen molar-refractivity contribution in [2.75, 3.05) is 15.9 Å². The molecule has 29 heavy (non-hydrogen) atoms. The molecule has 0 aliphatic carbocycles. The molecule has 8 heteroatoms. The molecule has 3 rings (SSSR count). The number of esters is 1. The number of aryl methyl sites for hydroxylation is 1. The predicted molar refractivity (Wildman–Crippen MR) is 112 cm³/mol. The van der Waals surface area contributed by atoms with Gasteiger partial charge in [-0.05, 0) is 68.7 Å². The van der Waals surface area contributed by atoms with Crippen molar-refractivity contribution in [3.05, 3.63) is 59.2 Å². The monoisotopic (exact) mass is 416 g/mol. The molecule has 1 aliphatic heterocycles. The van der Waals surface area contributed by atoms with Crippen molar-refractivity contribution < 1.29 is 22.7 Å². The maximum absolute atomic E-state index is 12.5. The molecule has 0 unspecified atom stereocenters. The van der Waals surface area contributed by atoms with E-state index in [9.17, 15) is 18.0 Å². The standard InChI is InChI=1S/C21H24N2O5S/c1-13-6-5-7-18(10-13)22-20(24)15(3)28-21(25)16-8-9-19-17(12-16)11-14(2)23(19)29(4,26)27/h5-10,12,14-15H,11H2,1-4H3,(H,22,24)/t14-,15+/m1/s1. The summed E-state index contributed by atoms with van der Waals surface area (Å²) in [7, 11) is -3.40. The number of ether oxygens (including phenoxy) is 1. The van der Waals surface area contributed by atoms with E-state index in [1.807, 2.05) is 32.0 Å². The Hall–Kier alpha value is -2.87. The van der Waals surface area contributed by atoms with Crippen molar-refractivity contribution in [3.8, 4) is 0 Å². The number of benzene rings is 2. The highest BCUT2D eigenvalue weighted by molar-refractivity contribution is 7.92. The molecule has 2 aromatic carbocycles. The van der Waals surface area contributed by atoms with Crippen LogP contribution in [0.1, 0.15) is 35.3 Å². The molecule has 0 saturated carbocycles. The average Bonchev–Trinajstić information content (AvgIpc) is 2.96. The molecule has 0 bridgehead atoms. The second-order valence-corrected chi connectivity index (χ2v) is 9.22. The summed E-state index contributed by atoms with van der Waals surface area (Å²) in [6.45, 7) is 5.24. The van der Waals surface area contributed by atoms with Gasteiger partial charge in [0.25, 0.3) is 5.91 Å². The fourth-order valence-corrected chi connectivity index (χ4v) is 4.75. The Morgan fingerprint density at radius 1 is 1.21 bits per heavy atom. The number of hydrogen-bond acceptors (Lipinski definition) is 5. The average molecular weight is 416 g/mol. The lowest BCUT2D eigenvalue weighted by Gasteiger charge is -2.22. The summed E-state index contributed by atoms with van der Waals surface area (Å²) in [5.74, 6) is -1.06. The van der Waals surface area contributed by atoms with Crippen LogP contribution in [0.5, 0.6) is 0 Å². The fraction of sp³-hybridized carbons (Fsp3) is 0.333. The van der Waals surface area contributed by atoms with E-state index in [4.69, 9.17) is 4.74 Å². The highest BCUT2D eigenvalue weighted by atomic mass is 32.2. The number of carbonyl (C=O) groups is 2. The third kappa shape index (κ3) is 4.59. The minimum absolute atomic E-state index is 0.217. The van der Waals surface area contributed by atoms with Gasteiger partial charge in [-0.3, -0.25) is 9.10 Å². The number of hydrogen-bond donors (Lipinski definition) is 1. The van der Waals surface area contributed by atoms with E-state index < -0.39 is 28.0 Å². The zero-order valence-electron chi connectivity index (χ0n) is 16.8. The number of anilines is 2. The summed E-state index contributed by atoms with van der Waals surface area (Å²) >= 11 is 0. The zero-order valence-corrected chi connectivity index (χ0v) is 17.6. The highest BCUT2D eigenvalue weighted by Crippen LogP contribution is 2.34. The Balaban J connectivity index is 1.70. The molecule has 7 nitrogen and oxygen atoms in total. The second kappa shape index (κ2) is 7.87. The van der Waals surface area contributed by atoms with Crippen LogP contribution in [0.25, 0.3) is 0 Å². The van der Waals surface area contributed by atoms with E-state index >= 15 is 0 Å². The van der Waals surface area contributed by atoms with E-state index in [0.29, 0.717) is 17.8 Å². The van der Waals surface area contributed by atoms with Crippen molar-refractivity contribution in [1.29, 1.82) is 0 Å². The highest BCUT2D eigenvalue weighted by Gasteiger charge is 2.33. The topological polar surface area (TPSA) is 92.8 Å². The van der Waals surface area contributed by atoms with Crippen LogP contribution < -0.4 is 9.62 Å². The number of fused-ring (bicyclic) bond motifs is 1. The van der Waals surface area contributed by atoms with E-state index in [-0.39, 0.29) is 11.6 Å². The number of amides is 1. The van der Waals surface area contributed by atoms with Crippen LogP contribution in [0.2, 0.25) is 0 Å². The SMILES string of the molecule is Cc1cccc(NC(=O)[C@H](C)OC(=O)c2ccc3c(c2)C[C@@H](C)N3S(C)(=O)=O)c1. The number of nitrogens with zero attached hydrogens (tertiary/aromatic N) is 1. The lowest BCUT2D eigenvalue weighted by Crippen LogP contribution is -2.34. The second-order valence-electron chi connectivity index (χ2n) is 7.36. The van der Waals surface area contributed by atoms with Crippen LogP contribution in [0, 0.1) is 6.92 Å². The normalized spacial score (nSPS) is 16.8. The van der Waals surface area contributed by atoms with E-state index in [1.165, 1.54) is 17.3 Å². The van der Waals surface area contributed by atoms with Crippen LogP contribution in [0.4, 0.5) is 11.4 Å². The Morgan fingerprint density at radius 3 is 2.59 bits per heavy atom. The fourth-order valence-electron chi connectivity index (χ4n) is 3.48. The predicted octanol–water partition coefficient (Wildman–Crippen LogP) is 2.89. The molecule has 2 aromatic rings. The van der Waals surface area contributed by atoms with Gasteiger partial charge in [0.05, 0.1) is 17.5 Å². The summed E-state index contributed by atoms with van der Waals surface area (Å²) in [5, 5.41) is 2.72. The van der Waals surface area contributed by atoms with Crippen molar-refractivity contribution >= 4 is 33.3 Å². The molecular weight excluding hydrogens is 392 g/mol. The smallest absolute Gasteiger partial charge is 0.338 e. The molecule has 1 amide bonds. The molecule has 0 aromatic heterocycles. The van der Waals surface area contributed by atoms with Gasteiger partial charge < -0.3 is 10.1 Å². The lowest BCUT2D eigenvalue weighted by atomic mass is 10.1. The Kier molecular flexibility index (Phi) is 5.66. The number of carbonyl (C=O) groups excluding carboxylic acids is 2. The lowest BCUT2D eigenvalue weighted by molar-refractivity contribution is -0.123. The van der Waals surface area contributed by atoms with Gasteiger partial charge >= 0.3 is 5.97 Å². The minimum Gasteiger partial charge on any atom is -0.449 e. The first kappa shape index (κ1) is 20.9. The van der Waals surface area contributed by atoms with Crippen molar-refractivity contribution in [2.24, 2.45) is 0 Å². The first-order valence-electron chi connectivity index (χ1n) is 9.27. The van der Waals surface area contributed by atoms with Gasteiger partial charge in [0.2, 0.25) is 10.0 Å². The number of nitrogens with one attached hydrogen (secondary N) is 1. The molecule has 1 aliphatic rings. The molecule has 0 fully saturated rings. The van der Waals surface area contributed by atoms with Crippen LogP contribution in [0.15, 0.2) is 42.5 Å². The molecule has 2 atom stereocenters. The summed E-state index contributed by atoms with van der Waals surface area (Å²) < 4.78 is 30.7.